The first kappa shape index (κ1) is 31.1. The molecule has 3 aromatic rings. The van der Waals surface area contributed by atoms with Crippen molar-refractivity contribution in [1.29, 1.82) is 0 Å². The molecular formula is C33H34F2O6. The summed E-state index contributed by atoms with van der Waals surface area (Å²) in [4.78, 5) is 23.1. The molecule has 0 bridgehead atoms. The van der Waals surface area contributed by atoms with Crippen LogP contribution in [0.25, 0.3) is 22.3 Å². The highest BCUT2D eigenvalue weighted by atomic mass is 19.1. The van der Waals surface area contributed by atoms with Gasteiger partial charge >= 0.3 is 11.9 Å². The number of halogens is 2. The van der Waals surface area contributed by atoms with Crippen LogP contribution in [0, 0.1) is 11.6 Å². The van der Waals surface area contributed by atoms with Gasteiger partial charge in [-0.05, 0) is 81.0 Å². The normalized spacial score (nSPS) is 10.6. The van der Waals surface area contributed by atoms with Crippen molar-refractivity contribution in [2.24, 2.45) is 0 Å². The van der Waals surface area contributed by atoms with E-state index in [4.69, 9.17) is 18.9 Å². The fourth-order valence-corrected chi connectivity index (χ4v) is 3.90. The van der Waals surface area contributed by atoms with Crippen LogP contribution >= 0.6 is 0 Å². The van der Waals surface area contributed by atoms with Crippen LogP contribution in [-0.2, 0) is 14.3 Å². The Morgan fingerprint density at radius 1 is 0.707 bits per heavy atom. The number of esters is 2. The molecule has 0 saturated heterocycles. The standard InChI is InChI=1S/C33H34F2O6/c1-21(2)32(36)40-17-9-7-6-8-16-39-30-15-11-23(19-29(30)35)26-13-10-24(18-28(26)34)27-14-12-25(20-31(27)38-5)41-33(37)22(3)4/h10-15,18-20H,1,3,6-9,16-17H2,2,4-5H3. The zero-order chi connectivity index (χ0) is 29.9. The van der Waals surface area contributed by atoms with Crippen molar-refractivity contribution in [3.05, 3.63) is 90.5 Å². The van der Waals surface area contributed by atoms with E-state index in [-0.39, 0.29) is 22.6 Å². The van der Waals surface area contributed by atoms with Crippen LogP contribution in [-0.4, -0.2) is 32.3 Å². The lowest BCUT2D eigenvalue weighted by Gasteiger charge is -2.13. The molecule has 0 aliphatic rings. The van der Waals surface area contributed by atoms with Gasteiger partial charge in [0.05, 0.1) is 20.3 Å². The van der Waals surface area contributed by atoms with E-state index in [1.54, 1.807) is 44.2 Å². The molecule has 0 aliphatic carbocycles. The molecule has 3 rings (SSSR count). The number of rotatable bonds is 14. The highest BCUT2D eigenvalue weighted by molar-refractivity contribution is 5.89. The second kappa shape index (κ2) is 14.8. The summed E-state index contributed by atoms with van der Waals surface area (Å²) in [5.74, 6) is -1.31. The Bertz CT molecular complexity index is 1430. The number of hydrogen-bond acceptors (Lipinski definition) is 6. The lowest BCUT2D eigenvalue weighted by Crippen LogP contribution is -2.08. The average Bonchev–Trinajstić information content (AvgIpc) is 2.94. The van der Waals surface area contributed by atoms with E-state index in [0.29, 0.717) is 47.6 Å². The van der Waals surface area contributed by atoms with E-state index >= 15 is 4.39 Å². The molecule has 0 saturated carbocycles. The summed E-state index contributed by atoms with van der Waals surface area (Å²) >= 11 is 0. The Balaban J connectivity index is 1.59. The van der Waals surface area contributed by atoms with Crippen LogP contribution in [0.1, 0.15) is 39.5 Å². The number of carbonyl (C=O) groups excluding carboxylic acids is 2. The maximum Gasteiger partial charge on any atom is 0.338 e. The summed E-state index contributed by atoms with van der Waals surface area (Å²) < 4.78 is 51.2. The zero-order valence-corrected chi connectivity index (χ0v) is 23.6. The Morgan fingerprint density at radius 3 is 1.95 bits per heavy atom. The third-order valence-corrected chi connectivity index (χ3v) is 6.13. The van der Waals surface area contributed by atoms with Crippen molar-refractivity contribution in [3.8, 4) is 39.5 Å². The summed E-state index contributed by atoms with van der Waals surface area (Å²) in [6.07, 6.45) is 3.14. The Kier molecular flexibility index (Phi) is 11.2. The van der Waals surface area contributed by atoms with Crippen LogP contribution in [0.4, 0.5) is 8.78 Å². The minimum absolute atomic E-state index is 0.0957. The van der Waals surface area contributed by atoms with Crippen molar-refractivity contribution >= 4 is 11.9 Å². The molecule has 0 fully saturated rings. The molecule has 0 unspecified atom stereocenters. The van der Waals surface area contributed by atoms with Crippen molar-refractivity contribution in [1.82, 2.24) is 0 Å². The maximum absolute atomic E-state index is 15.2. The highest BCUT2D eigenvalue weighted by Gasteiger charge is 2.15. The maximum atomic E-state index is 15.2. The summed E-state index contributed by atoms with van der Waals surface area (Å²) in [6.45, 7) is 10.9. The fraction of sp³-hybridized carbons (Fsp3) is 0.273. The van der Waals surface area contributed by atoms with Gasteiger partial charge in [0.2, 0.25) is 0 Å². The lowest BCUT2D eigenvalue weighted by atomic mass is 9.98. The number of hydrogen-bond donors (Lipinski definition) is 0. The van der Waals surface area contributed by atoms with E-state index in [0.717, 1.165) is 19.3 Å². The minimum Gasteiger partial charge on any atom is -0.496 e. The van der Waals surface area contributed by atoms with E-state index in [9.17, 15) is 14.0 Å². The number of methoxy groups -OCH3 is 1. The van der Waals surface area contributed by atoms with Gasteiger partial charge in [-0.25, -0.2) is 18.4 Å². The topological polar surface area (TPSA) is 71.1 Å². The smallest absolute Gasteiger partial charge is 0.338 e. The third-order valence-electron chi connectivity index (χ3n) is 6.13. The molecule has 0 spiro atoms. The molecule has 0 radical (unpaired) electrons. The Morgan fingerprint density at radius 2 is 1.32 bits per heavy atom. The highest BCUT2D eigenvalue weighted by Crippen LogP contribution is 2.36. The van der Waals surface area contributed by atoms with E-state index < -0.39 is 23.6 Å². The molecule has 216 valence electrons. The minimum atomic E-state index is -0.584. The van der Waals surface area contributed by atoms with E-state index in [2.05, 4.69) is 13.2 Å². The average molecular weight is 565 g/mol. The van der Waals surface area contributed by atoms with Crippen LogP contribution in [0.5, 0.6) is 17.2 Å². The second-order valence-corrected chi connectivity index (χ2v) is 9.55. The fourth-order valence-electron chi connectivity index (χ4n) is 3.90. The molecular weight excluding hydrogens is 530 g/mol. The molecule has 8 heteroatoms. The van der Waals surface area contributed by atoms with Crippen LogP contribution in [0.15, 0.2) is 78.9 Å². The van der Waals surface area contributed by atoms with Gasteiger partial charge in [-0.1, -0.05) is 31.4 Å². The summed E-state index contributed by atoms with van der Waals surface area (Å²) in [7, 11) is 1.46. The SMILES string of the molecule is C=C(C)C(=O)OCCCCCCOc1ccc(-c2ccc(-c3ccc(OC(=O)C(=C)C)cc3OC)cc2F)cc1F. The van der Waals surface area contributed by atoms with Crippen LogP contribution in [0.2, 0.25) is 0 Å². The Labute approximate surface area is 239 Å². The Hall–Kier alpha value is -4.46. The quantitative estimate of drug-likeness (QED) is 0.0860. The van der Waals surface area contributed by atoms with Crippen molar-refractivity contribution in [2.45, 2.75) is 39.5 Å². The van der Waals surface area contributed by atoms with Gasteiger partial charge in [0.1, 0.15) is 17.3 Å². The van der Waals surface area contributed by atoms with Crippen LogP contribution < -0.4 is 14.2 Å². The summed E-state index contributed by atoms with van der Waals surface area (Å²) in [6, 6.07) is 13.8. The largest absolute Gasteiger partial charge is 0.496 e. The first-order valence-corrected chi connectivity index (χ1v) is 13.2. The predicted octanol–water partition coefficient (Wildman–Crippen LogP) is 7.85. The number of benzene rings is 3. The molecule has 0 heterocycles. The number of ether oxygens (including phenoxy) is 4. The monoisotopic (exact) mass is 564 g/mol. The molecule has 6 nitrogen and oxygen atoms in total. The van der Waals surface area contributed by atoms with E-state index in [1.165, 1.54) is 31.4 Å². The molecule has 0 aromatic heterocycles. The third kappa shape index (κ3) is 8.76. The number of carbonyl (C=O) groups is 2. The molecule has 3 aromatic carbocycles. The first-order chi connectivity index (χ1) is 19.6. The zero-order valence-electron chi connectivity index (χ0n) is 23.6. The second-order valence-electron chi connectivity index (χ2n) is 9.55. The van der Waals surface area contributed by atoms with Gasteiger partial charge in [0.25, 0.3) is 0 Å². The van der Waals surface area contributed by atoms with Gasteiger partial charge < -0.3 is 18.9 Å². The summed E-state index contributed by atoms with van der Waals surface area (Å²) in [5, 5.41) is 0. The predicted molar refractivity (Wildman–Crippen MR) is 154 cm³/mol. The van der Waals surface area contributed by atoms with E-state index in [1.807, 2.05) is 0 Å². The van der Waals surface area contributed by atoms with Gasteiger partial charge in [0, 0.05) is 28.3 Å². The number of unbranched alkanes of at least 4 members (excludes halogenated alkanes) is 3. The lowest BCUT2D eigenvalue weighted by molar-refractivity contribution is -0.139. The van der Waals surface area contributed by atoms with Crippen molar-refractivity contribution in [2.75, 3.05) is 20.3 Å². The molecule has 0 atom stereocenters. The molecule has 0 aliphatic heterocycles. The van der Waals surface area contributed by atoms with Crippen molar-refractivity contribution in [3.63, 3.8) is 0 Å². The molecule has 0 amide bonds. The summed E-state index contributed by atoms with van der Waals surface area (Å²) in [5.41, 5.74) is 2.37. The van der Waals surface area contributed by atoms with Gasteiger partial charge in [-0.3, -0.25) is 0 Å². The van der Waals surface area contributed by atoms with Gasteiger partial charge in [-0.15, -0.1) is 0 Å². The first-order valence-electron chi connectivity index (χ1n) is 13.2. The van der Waals surface area contributed by atoms with Gasteiger partial charge in [-0.2, -0.15) is 0 Å². The van der Waals surface area contributed by atoms with Crippen LogP contribution in [0.3, 0.4) is 0 Å². The molecule has 41 heavy (non-hydrogen) atoms. The van der Waals surface area contributed by atoms with Gasteiger partial charge in [0.15, 0.2) is 11.6 Å². The van der Waals surface area contributed by atoms with Crippen molar-refractivity contribution < 1.29 is 37.3 Å². The molecule has 0 N–H and O–H groups in total.